The minimum Gasteiger partial charge on any atom is -0.399 e. The average Bonchev–Trinajstić information content (AvgIpc) is 2.94. The topological polar surface area (TPSA) is 41.8 Å². The summed E-state index contributed by atoms with van der Waals surface area (Å²) in [7, 11) is 1.62. The van der Waals surface area contributed by atoms with E-state index in [1.807, 2.05) is 11.8 Å². The molecule has 0 aromatic heterocycles. The fraction of sp³-hybridized carbons (Fsp3) is 0.476. The van der Waals surface area contributed by atoms with Crippen LogP contribution in [-0.2, 0) is 4.84 Å². The number of hydrogen-bond acceptors (Lipinski definition) is 4. The normalized spacial score (nSPS) is 32.1. The number of fused-ring (bicyclic) bond motifs is 3. The highest BCUT2D eigenvalue weighted by atomic mass is 32.2. The van der Waals surface area contributed by atoms with Gasteiger partial charge < -0.3 is 9.94 Å². The largest absolute Gasteiger partial charge is 0.399 e. The van der Waals surface area contributed by atoms with Crippen molar-refractivity contribution in [2.24, 2.45) is 11.1 Å². The first kappa shape index (κ1) is 16.9. The van der Waals surface area contributed by atoms with Crippen LogP contribution < -0.4 is 0 Å². The molecule has 4 rings (SSSR count). The summed E-state index contributed by atoms with van der Waals surface area (Å²) in [5.74, 6) is 0.636. The summed E-state index contributed by atoms with van der Waals surface area (Å²) in [4.78, 5) is 5.14. The van der Waals surface area contributed by atoms with Crippen LogP contribution in [0.3, 0.4) is 0 Å². The fourth-order valence-corrected chi connectivity index (χ4v) is 6.47. The molecule has 4 heteroatoms. The third-order valence-corrected chi connectivity index (χ3v) is 7.39. The van der Waals surface area contributed by atoms with Gasteiger partial charge in [0.2, 0.25) is 0 Å². The molecule has 132 valence electrons. The van der Waals surface area contributed by atoms with Crippen LogP contribution in [0.15, 0.2) is 47.6 Å². The maximum absolute atomic E-state index is 10.6. The Morgan fingerprint density at radius 3 is 2.76 bits per heavy atom. The van der Waals surface area contributed by atoms with Crippen LogP contribution in [0.4, 0.5) is 0 Å². The molecule has 2 aliphatic rings. The number of benzene rings is 2. The highest BCUT2D eigenvalue weighted by molar-refractivity contribution is 8.00. The molecule has 2 heterocycles. The molecule has 1 N–H and O–H groups in total. The molecule has 0 radical (unpaired) electrons. The van der Waals surface area contributed by atoms with Gasteiger partial charge in [-0.25, -0.2) is 0 Å². The van der Waals surface area contributed by atoms with Crippen LogP contribution in [-0.4, -0.2) is 34.5 Å². The summed E-state index contributed by atoms with van der Waals surface area (Å²) < 4.78 is 0. The smallest absolute Gasteiger partial charge is 0.106 e. The Labute approximate surface area is 153 Å². The quantitative estimate of drug-likeness (QED) is 0.644. The predicted octanol–water partition coefficient (Wildman–Crippen LogP) is 4.59. The van der Waals surface area contributed by atoms with E-state index >= 15 is 0 Å². The third-order valence-electron chi connectivity index (χ3n) is 5.69. The number of aliphatic hydroxyl groups excluding tert-OH is 1. The van der Waals surface area contributed by atoms with Gasteiger partial charge in [-0.05, 0) is 41.5 Å². The van der Waals surface area contributed by atoms with Crippen molar-refractivity contribution in [1.82, 2.24) is 0 Å². The van der Waals surface area contributed by atoms with Crippen molar-refractivity contribution in [2.75, 3.05) is 7.11 Å². The fourth-order valence-electron chi connectivity index (χ4n) is 4.59. The average molecular weight is 356 g/mol. The van der Waals surface area contributed by atoms with Crippen molar-refractivity contribution in [3.05, 3.63) is 48.0 Å². The van der Waals surface area contributed by atoms with Crippen LogP contribution in [0.1, 0.15) is 37.7 Å². The van der Waals surface area contributed by atoms with Crippen molar-refractivity contribution in [1.29, 1.82) is 0 Å². The molecule has 2 aliphatic heterocycles. The summed E-state index contributed by atoms with van der Waals surface area (Å²) >= 11 is 1.95. The van der Waals surface area contributed by atoms with Gasteiger partial charge in [0.25, 0.3) is 0 Å². The van der Waals surface area contributed by atoms with Crippen molar-refractivity contribution in [2.45, 2.75) is 48.7 Å². The van der Waals surface area contributed by atoms with Crippen molar-refractivity contribution in [3.63, 3.8) is 0 Å². The Bertz CT molecular complexity index is 790. The second-order valence-corrected chi connectivity index (χ2v) is 8.60. The maximum atomic E-state index is 10.6. The van der Waals surface area contributed by atoms with Gasteiger partial charge in [-0.3, -0.25) is 0 Å². The third kappa shape index (κ3) is 3.06. The van der Waals surface area contributed by atoms with Crippen LogP contribution in [0.2, 0.25) is 0 Å². The van der Waals surface area contributed by atoms with E-state index in [1.165, 1.54) is 16.3 Å². The lowest BCUT2D eigenvalue weighted by Gasteiger charge is -2.37. The molecule has 2 saturated heterocycles. The van der Waals surface area contributed by atoms with Gasteiger partial charge in [-0.2, -0.15) is 11.8 Å². The molecule has 3 nitrogen and oxygen atoms in total. The Kier molecular flexibility index (Phi) is 4.74. The van der Waals surface area contributed by atoms with Gasteiger partial charge in [0.15, 0.2) is 0 Å². The standard InChI is InChI=1S/C21H25NO2S/c1-3-18(22-24-2)20-17(11-16-12-19(23)21(20)25-16)15-9-8-13-6-4-5-7-14(13)10-15/h4-10,16-17,19-21,23H,3,11-12H2,1-2H3/t16?,17-,19?,20+,21+/m0/s1. The van der Waals surface area contributed by atoms with Gasteiger partial charge in [-0.1, -0.05) is 54.5 Å². The molecule has 0 saturated carbocycles. The Balaban J connectivity index is 1.77. The van der Waals surface area contributed by atoms with Crippen LogP contribution in [0, 0.1) is 5.92 Å². The van der Waals surface area contributed by atoms with Crippen LogP contribution in [0.5, 0.6) is 0 Å². The SMILES string of the molecule is CCC(=NOC)[C@@H]1[C@@H]2SC(CC2O)C[C@H]1c1ccc2ccccc2c1. The first-order valence-corrected chi connectivity index (χ1v) is 10.1. The Morgan fingerprint density at radius 2 is 2.00 bits per heavy atom. The van der Waals surface area contributed by atoms with Gasteiger partial charge in [0.1, 0.15) is 7.11 Å². The lowest BCUT2D eigenvalue weighted by Crippen LogP contribution is -2.38. The first-order valence-electron chi connectivity index (χ1n) is 9.13. The second-order valence-electron chi connectivity index (χ2n) is 7.12. The molecular weight excluding hydrogens is 330 g/mol. The van der Waals surface area contributed by atoms with E-state index in [0.29, 0.717) is 11.2 Å². The van der Waals surface area contributed by atoms with Crippen LogP contribution in [0.25, 0.3) is 10.8 Å². The number of aliphatic hydroxyl groups is 1. The highest BCUT2D eigenvalue weighted by Crippen LogP contribution is 2.53. The number of nitrogens with zero attached hydrogens (tertiary/aromatic N) is 1. The monoisotopic (exact) mass is 355 g/mol. The number of oxime groups is 1. The molecule has 0 amide bonds. The maximum Gasteiger partial charge on any atom is 0.106 e. The summed E-state index contributed by atoms with van der Waals surface area (Å²) in [5.41, 5.74) is 2.45. The highest BCUT2D eigenvalue weighted by Gasteiger charge is 2.49. The Morgan fingerprint density at radius 1 is 1.20 bits per heavy atom. The molecule has 25 heavy (non-hydrogen) atoms. The molecule has 2 bridgehead atoms. The van der Waals surface area contributed by atoms with E-state index in [4.69, 9.17) is 4.84 Å². The number of hydrogen-bond donors (Lipinski definition) is 1. The zero-order valence-corrected chi connectivity index (χ0v) is 15.6. The summed E-state index contributed by atoms with van der Waals surface area (Å²) in [6, 6.07) is 15.3. The van der Waals surface area contributed by atoms with E-state index < -0.39 is 0 Å². The molecular formula is C21H25NO2S. The molecule has 0 aliphatic carbocycles. The summed E-state index contributed by atoms with van der Waals surface area (Å²) in [5, 5.41) is 18.3. The van der Waals surface area contributed by atoms with Crippen LogP contribution >= 0.6 is 11.8 Å². The number of rotatable bonds is 4. The zero-order valence-electron chi connectivity index (χ0n) is 14.8. The zero-order chi connectivity index (χ0) is 17.4. The lowest BCUT2D eigenvalue weighted by atomic mass is 9.77. The summed E-state index contributed by atoms with van der Waals surface area (Å²) in [6.07, 6.45) is 2.63. The Hall–Kier alpha value is -1.52. The van der Waals surface area contributed by atoms with E-state index in [-0.39, 0.29) is 17.3 Å². The predicted molar refractivity (Wildman–Crippen MR) is 105 cm³/mol. The summed E-state index contributed by atoms with van der Waals surface area (Å²) in [6.45, 7) is 2.13. The minimum absolute atomic E-state index is 0.226. The molecule has 5 atom stereocenters. The second kappa shape index (κ2) is 7.00. The molecule has 2 fully saturated rings. The van der Waals surface area contributed by atoms with E-state index in [1.54, 1.807) is 7.11 Å². The van der Waals surface area contributed by atoms with E-state index in [9.17, 15) is 5.11 Å². The van der Waals surface area contributed by atoms with Gasteiger partial charge in [0.05, 0.1) is 11.8 Å². The van der Waals surface area contributed by atoms with Gasteiger partial charge in [-0.15, -0.1) is 0 Å². The van der Waals surface area contributed by atoms with E-state index in [0.717, 1.165) is 25.0 Å². The molecule has 0 spiro atoms. The molecule has 2 aromatic rings. The van der Waals surface area contributed by atoms with E-state index in [2.05, 4.69) is 54.5 Å². The molecule has 2 aromatic carbocycles. The van der Waals surface area contributed by atoms with Crippen molar-refractivity contribution in [3.8, 4) is 0 Å². The van der Waals surface area contributed by atoms with Crippen molar-refractivity contribution >= 4 is 28.2 Å². The number of thioether (sulfide) groups is 1. The minimum atomic E-state index is -0.237. The first-order chi connectivity index (χ1) is 12.2. The van der Waals surface area contributed by atoms with Gasteiger partial charge in [0, 0.05) is 16.4 Å². The lowest BCUT2D eigenvalue weighted by molar-refractivity contribution is 0.162. The molecule has 2 unspecified atom stereocenters. The van der Waals surface area contributed by atoms with Gasteiger partial charge >= 0.3 is 0 Å². The van der Waals surface area contributed by atoms with Crippen molar-refractivity contribution < 1.29 is 9.94 Å².